The molecular formula is C13H21ClN2O5S. The van der Waals surface area contributed by atoms with Gasteiger partial charge in [0.15, 0.2) is 0 Å². The Bertz CT molecular complexity index is 606. The number of ether oxygens (including phenoxy) is 2. The number of likely N-dealkylation sites (N-methyl/N-ethyl adjacent to an activating group) is 1. The second kappa shape index (κ2) is 8.94. The summed E-state index contributed by atoms with van der Waals surface area (Å²) in [4.78, 5) is 11.6. The fourth-order valence-electron chi connectivity index (χ4n) is 1.54. The van der Waals surface area contributed by atoms with Crippen LogP contribution in [0.3, 0.4) is 0 Å². The van der Waals surface area contributed by atoms with Gasteiger partial charge in [0.05, 0.1) is 19.1 Å². The summed E-state index contributed by atoms with van der Waals surface area (Å²) in [6, 6.07) is 3.98. The Morgan fingerprint density at radius 1 is 1.32 bits per heavy atom. The predicted octanol–water partition coefficient (Wildman–Crippen LogP) is 0.790. The summed E-state index contributed by atoms with van der Waals surface area (Å²) in [7, 11) is 0.673. The lowest BCUT2D eigenvalue weighted by Gasteiger charge is -2.13. The average Bonchev–Trinajstić information content (AvgIpc) is 2.51. The Kier molecular flexibility index (Phi) is 8.39. The molecule has 0 aliphatic carbocycles. The van der Waals surface area contributed by atoms with Crippen LogP contribution in [0, 0.1) is 0 Å². The van der Waals surface area contributed by atoms with Crippen molar-refractivity contribution in [3.63, 3.8) is 0 Å². The van der Waals surface area contributed by atoms with E-state index in [1.807, 2.05) is 6.92 Å². The van der Waals surface area contributed by atoms with Crippen LogP contribution in [0.4, 0.5) is 0 Å². The average molecular weight is 353 g/mol. The Labute approximate surface area is 136 Å². The fraction of sp³-hybridized carbons (Fsp3) is 0.462. The van der Waals surface area contributed by atoms with Gasteiger partial charge in [-0.25, -0.2) is 17.9 Å². The number of methoxy groups -OCH3 is 2. The highest BCUT2D eigenvalue weighted by atomic mass is 35.5. The first-order valence-electron chi connectivity index (χ1n) is 6.29. The number of sulfonamides is 1. The summed E-state index contributed by atoms with van der Waals surface area (Å²) in [5.74, 6) is -0.445. The van der Waals surface area contributed by atoms with Gasteiger partial charge in [-0.3, -0.25) is 0 Å². The molecule has 2 N–H and O–H groups in total. The number of esters is 1. The number of carbonyl (C=O) groups excluding carboxylic acids is 1. The van der Waals surface area contributed by atoms with E-state index in [9.17, 15) is 13.2 Å². The quantitative estimate of drug-likeness (QED) is 0.705. The first kappa shape index (κ1) is 20.6. The lowest BCUT2D eigenvalue weighted by atomic mass is 10.2. The molecule has 22 heavy (non-hydrogen) atoms. The number of nitrogens with one attached hydrogen (secondary N) is 2. The van der Waals surface area contributed by atoms with Crippen LogP contribution in [0.5, 0.6) is 5.75 Å². The Hall–Kier alpha value is -1.35. The molecule has 1 rings (SSSR count). The third kappa shape index (κ3) is 5.13. The van der Waals surface area contributed by atoms with Crippen molar-refractivity contribution in [1.29, 1.82) is 0 Å². The minimum Gasteiger partial charge on any atom is -0.496 e. The highest BCUT2D eigenvalue weighted by molar-refractivity contribution is 7.89. The van der Waals surface area contributed by atoms with Gasteiger partial charge >= 0.3 is 5.97 Å². The van der Waals surface area contributed by atoms with E-state index in [1.54, 1.807) is 7.05 Å². The van der Waals surface area contributed by atoms with Gasteiger partial charge in [0.1, 0.15) is 11.3 Å². The molecule has 0 heterocycles. The number of carbonyl (C=O) groups is 1. The lowest BCUT2D eigenvalue weighted by molar-refractivity contribution is 0.0597. The lowest BCUT2D eigenvalue weighted by Crippen LogP contribution is -2.37. The van der Waals surface area contributed by atoms with Gasteiger partial charge in [-0.1, -0.05) is 0 Å². The smallest absolute Gasteiger partial charge is 0.341 e. The van der Waals surface area contributed by atoms with Crippen molar-refractivity contribution in [2.45, 2.75) is 17.9 Å². The summed E-state index contributed by atoms with van der Waals surface area (Å²) < 4.78 is 36.5. The van der Waals surface area contributed by atoms with E-state index < -0.39 is 16.0 Å². The number of hydrogen-bond donors (Lipinski definition) is 2. The molecule has 0 spiro atoms. The molecule has 7 nitrogen and oxygen atoms in total. The molecule has 9 heteroatoms. The van der Waals surface area contributed by atoms with Gasteiger partial charge < -0.3 is 14.8 Å². The minimum atomic E-state index is -3.67. The Morgan fingerprint density at radius 2 is 1.95 bits per heavy atom. The van der Waals surface area contributed by atoms with Crippen molar-refractivity contribution in [3.8, 4) is 5.75 Å². The summed E-state index contributed by atoms with van der Waals surface area (Å²) in [5, 5.41) is 2.93. The second-order valence-electron chi connectivity index (χ2n) is 4.40. The Morgan fingerprint density at radius 3 is 2.45 bits per heavy atom. The SMILES string of the molecule is CNC(C)CNS(=O)(=O)c1ccc(C(=O)OC)c(OC)c1.Cl. The molecule has 1 aromatic carbocycles. The van der Waals surface area contributed by atoms with E-state index in [0.29, 0.717) is 0 Å². The minimum absolute atomic E-state index is 0. The van der Waals surface area contributed by atoms with Crippen molar-refractivity contribution in [3.05, 3.63) is 23.8 Å². The summed E-state index contributed by atoms with van der Waals surface area (Å²) in [6.07, 6.45) is 0. The largest absolute Gasteiger partial charge is 0.496 e. The maximum absolute atomic E-state index is 12.2. The zero-order chi connectivity index (χ0) is 16.0. The zero-order valence-electron chi connectivity index (χ0n) is 12.9. The van der Waals surface area contributed by atoms with Crippen LogP contribution in [0.1, 0.15) is 17.3 Å². The maximum Gasteiger partial charge on any atom is 0.341 e. The highest BCUT2D eigenvalue weighted by Crippen LogP contribution is 2.23. The van der Waals surface area contributed by atoms with E-state index in [1.165, 1.54) is 32.4 Å². The second-order valence-corrected chi connectivity index (χ2v) is 6.16. The van der Waals surface area contributed by atoms with Crippen LogP contribution in [0.15, 0.2) is 23.1 Å². The van der Waals surface area contributed by atoms with E-state index in [-0.39, 0.29) is 41.2 Å². The molecular weight excluding hydrogens is 332 g/mol. The molecule has 1 aromatic rings. The van der Waals surface area contributed by atoms with Crippen LogP contribution < -0.4 is 14.8 Å². The molecule has 0 aliphatic heterocycles. The summed E-state index contributed by atoms with van der Waals surface area (Å²) in [5.41, 5.74) is 0.169. The monoisotopic (exact) mass is 352 g/mol. The maximum atomic E-state index is 12.2. The first-order chi connectivity index (χ1) is 9.85. The van der Waals surface area contributed by atoms with Crippen molar-refractivity contribution in [1.82, 2.24) is 10.0 Å². The van der Waals surface area contributed by atoms with Gasteiger partial charge in [-0.05, 0) is 26.1 Å². The number of halogens is 1. The van der Waals surface area contributed by atoms with Gasteiger partial charge in [0.25, 0.3) is 0 Å². The van der Waals surface area contributed by atoms with Gasteiger partial charge in [-0.15, -0.1) is 12.4 Å². The van der Waals surface area contributed by atoms with E-state index in [0.717, 1.165) is 0 Å². The molecule has 0 aliphatic rings. The van der Waals surface area contributed by atoms with Crippen LogP contribution in [-0.2, 0) is 14.8 Å². The van der Waals surface area contributed by atoms with Gasteiger partial charge in [-0.2, -0.15) is 0 Å². The van der Waals surface area contributed by atoms with Crippen molar-refractivity contribution >= 4 is 28.4 Å². The summed E-state index contributed by atoms with van der Waals surface area (Å²) in [6.45, 7) is 2.10. The van der Waals surface area contributed by atoms with E-state index in [4.69, 9.17) is 4.74 Å². The molecule has 0 saturated heterocycles. The van der Waals surface area contributed by atoms with Gasteiger partial charge in [0, 0.05) is 18.7 Å². The number of hydrogen-bond acceptors (Lipinski definition) is 6. The molecule has 0 radical (unpaired) electrons. The first-order valence-corrected chi connectivity index (χ1v) is 7.77. The molecule has 0 amide bonds. The molecule has 0 saturated carbocycles. The summed E-state index contributed by atoms with van der Waals surface area (Å²) >= 11 is 0. The van der Waals surface area contributed by atoms with Crippen LogP contribution >= 0.6 is 12.4 Å². The standard InChI is InChI=1S/C13H20N2O5S.ClH/c1-9(14-2)8-15-21(17,18)10-5-6-11(13(16)20-4)12(7-10)19-3;/h5-7,9,14-15H,8H2,1-4H3;1H. The Balaban J connectivity index is 0.00000441. The zero-order valence-corrected chi connectivity index (χ0v) is 14.5. The van der Waals surface area contributed by atoms with Gasteiger partial charge in [0.2, 0.25) is 10.0 Å². The molecule has 1 unspecified atom stereocenters. The van der Waals surface area contributed by atoms with Crippen LogP contribution in [0.25, 0.3) is 0 Å². The third-order valence-electron chi connectivity index (χ3n) is 2.96. The van der Waals surface area contributed by atoms with E-state index in [2.05, 4.69) is 14.8 Å². The molecule has 1 atom stereocenters. The highest BCUT2D eigenvalue weighted by Gasteiger charge is 2.19. The molecule has 0 bridgehead atoms. The fourth-order valence-corrected chi connectivity index (χ4v) is 2.68. The number of rotatable bonds is 7. The normalized spacial score (nSPS) is 12.2. The van der Waals surface area contributed by atoms with E-state index >= 15 is 0 Å². The van der Waals surface area contributed by atoms with Crippen molar-refractivity contribution < 1.29 is 22.7 Å². The van der Waals surface area contributed by atoms with Crippen molar-refractivity contribution in [2.75, 3.05) is 27.8 Å². The number of benzene rings is 1. The molecule has 0 aromatic heterocycles. The molecule has 126 valence electrons. The molecule has 0 fully saturated rings. The third-order valence-corrected chi connectivity index (χ3v) is 4.38. The van der Waals surface area contributed by atoms with Crippen LogP contribution in [0.2, 0.25) is 0 Å². The van der Waals surface area contributed by atoms with Crippen molar-refractivity contribution in [2.24, 2.45) is 0 Å². The van der Waals surface area contributed by atoms with Crippen LogP contribution in [-0.4, -0.2) is 48.2 Å². The predicted molar refractivity (Wildman–Crippen MR) is 85.3 cm³/mol. The topological polar surface area (TPSA) is 93.7 Å².